The van der Waals surface area contributed by atoms with E-state index in [-0.39, 0.29) is 13.2 Å². The summed E-state index contributed by atoms with van der Waals surface area (Å²) in [6, 6.07) is 4.52. The second-order valence-electron chi connectivity index (χ2n) is 4.64. The van der Waals surface area contributed by atoms with Gasteiger partial charge in [0.25, 0.3) is 5.91 Å². The van der Waals surface area contributed by atoms with Gasteiger partial charge in [0, 0.05) is 18.1 Å². The van der Waals surface area contributed by atoms with Crippen LogP contribution in [0.25, 0.3) is 0 Å². The number of imide groups is 1. The molecule has 8 heteroatoms. The molecule has 22 heavy (non-hydrogen) atoms. The van der Waals surface area contributed by atoms with Crippen molar-refractivity contribution in [2.75, 3.05) is 26.3 Å². The summed E-state index contributed by atoms with van der Waals surface area (Å²) in [6.45, 7) is 1.65. The summed E-state index contributed by atoms with van der Waals surface area (Å²) < 4.78 is 10.1. The minimum atomic E-state index is -0.692. The Kier molecular flexibility index (Phi) is 5.21. The van der Waals surface area contributed by atoms with Gasteiger partial charge in [0.05, 0.1) is 0 Å². The Morgan fingerprint density at radius 1 is 1.36 bits per heavy atom. The van der Waals surface area contributed by atoms with Crippen molar-refractivity contribution in [1.82, 2.24) is 10.2 Å². The van der Waals surface area contributed by atoms with Crippen LogP contribution in [0.3, 0.4) is 0 Å². The molecule has 3 amide bonds. The van der Waals surface area contributed by atoms with E-state index >= 15 is 0 Å². The predicted octanol–water partition coefficient (Wildman–Crippen LogP) is 1.12. The van der Waals surface area contributed by atoms with Gasteiger partial charge in [0.15, 0.2) is 13.2 Å². The molecule has 1 N–H and O–H groups in total. The highest BCUT2D eigenvalue weighted by molar-refractivity contribution is 6.30. The second kappa shape index (κ2) is 7.13. The quantitative estimate of drug-likeness (QED) is 0.820. The standard InChI is InChI=1S/C14H15ClN2O5/c1-9-6-10(15)2-3-11(9)21-8-13(19)22-7-12(18)17-5-4-16-14(17)20/h2-3,6H,4-5,7-8H2,1H3,(H,16,20). The molecular formula is C14H15ClN2O5. The number of urea groups is 1. The molecule has 1 saturated heterocycles. The third-order valence-electron chi connectivity index (χ3n) is 3.00. The predicted molar refractivity (Wildman–Crippen MR) is 77.8 cm³/mol. The molecule has 0 atom stereocenters. The number of nitrogens with zero attached hydrogens (tertiary/aromatic N) is 1. The van der Waals surface area contributed by atoms with E-state index in [1.54, 1.807) is 25.1 Å². The Balaban J connectivity index is 1.76. The van der Waals surface area contributed by atoms with Crippen molar-refractivity contribution >= 4 is 29.5 Å². The van der Waals surface area contributed by atoms with E-state index in [1.165, 1.54) is 0 Å². The van der Waals surface area contributed by atoms with Gasteiger partial charge in [-0.15, -0.1) is 0 Å². The highest BCUT2D eigenvalue weighted by Crippen LogP contribution is 2.21. The minimum absolute atomic E-state index is 0.273. The monoisotopic (exact) mass is 326 g/mol. The summed E-state index contributed by atoms with van der Waals surface area (Å²) in [7, 11) is 0. The third kappa shape index (κ3) is 4.11. The van der Waals surface area contributed by atoms with Crippen LogP contribution in [0.5, 0.6) is 5.75 Å². The Bertz CT molecular complexity index is 605. The van der Waals surface area contributed by atoms with Crippen LogP contribution in [0.2, 0.25) is 5.02 Å². The number of hydrogen-bond donors (Lipinski definition) is 1. The molecule has 0 aromatic heterocycles. The summed E-state index contributed by atoms with van der Waals surface area (Å²) in [5, 5.41) is 3.06. The molecule has 1 fully saturated rings. The van der Waals surface area contributed by atoms with Gasteiger partial charge in [-0.2, -0.15) is 0 Å². The summed E-state index contributed by atoms with van der Waals surface area (Å²) in [5.74, 6) is -0.750. The smallest absolute Gasteiger partial charge is 0.344 e. The van der Waals surface area contributed by atoms with Crippen LogP contribution in [0, 0.1) is 6.92 Å². The van der Waals surface area contributed by atoms with Gasteiger partial charge in [-0.1, -0.05) is 11.6 Å². The van der Waals surface area contributed by atoms with E-state index in [2.05, 4.69) is 5.32 Å². The van der Waals surface area contributed by atoms with E-state index in [0.29, 0.717) is 17.3 Å². The number of halogens is 1. The first-order valence-corrected chi connectivity index (χ1v) is 6.98. The number of carbonyl (C=O) groups excluding carboxylic acids is 3. The summed E-state index contributed by atoms with van der Waals surface area (Å²) in [6.07, 6.45) is 0. The SMILES string of the molecule is Cc1cc(Cl)ccc1OCC(=O)OCC(=O)N1CCNC1=O. The van der Waals surface area contributed by atoms with Crippen LogP contribution < -0.4 is 10.1 Å². The molecule has 1 aliphatic rings. The molecule has 7 nitrogen and oxygen atoms in total. The van der Waals surface area contributed by atoms with Crippen LogP contribution in [-0.2, 0) is 14.3 Å². The number of nitrogens with one attached hydrogen (secondary N) is 1. The number of carbonyl (C=O) groups is 3. The Morgan fingerprint density at radius 2 is 2.14 bits per heavy atom. The normalized spacial score (nSPS) is 13.7. The maximum atomic E-state index is 11.7. The van der Waals surface area contributed by atoms with Crippen LogP contribution in [0.1, 0.15) is 5.56 Å². The van der Waals surface area contributed by atoms with Crippen LogP contribution in [0.15, 0.2) is 18.2 Å². The molecule has 118 valence electrons. The number of ether oxygens (including phenoxy) is 2. The van der Waals surface area contributed by atoms with Gasteiger partial charge in [0.1, 0.15) is 5.75 Å². The molecule has 0 spiro atoms. The molecular weight excluding hydrogens is 312 g/mol. The summed E-state index contributed by atoms with van der Waals surface area (Å²) >= 11 is 5.82. The van der Waals surface area contributed by atoms with E-state index in [9.17, 15) is 14.4 Å². The number of amides is 3. The fourth-order valence-corrected chi connectivity index (χ4v) is 2.11. The van der Waals surface area contributed by atoms with E-state index in [4.69, 9.17) is 21.1 Å². The molecule has 1 heterocycles. The van der Waals surface area contributed by atoms with Gasteiger partial charge < -0.3 is 14.8 Å². The average Bonchev–Trinajstić information content (AvgIpc) is 2.90. The highest BCUT2D eigenvalue weighted by atomic mass is 35.5. The zero-order valence-corrected chi connectivity index (χ0v) is 12.7. The number of rotatable bonds is 5. The molecule has 0 unspecified atom stereocenters. The van der Waals surface area contributed by atoms with E-state index < -0.39 is 24.5 Å². The van der Waals surface area contributed by atoms with Crippen molar-refractivity contribution in [1.29, 1.82) is 0 Å². The van der Waals surface area contributed by atoms with Crippen LogP contribution in [0.4, 0.5) is 4.79 Å². The molecule has 0 saturated carbocycles. The first-order chi connectivity index (χ1) is 10.5. The summed E-state index contributed by atoms with van der Waals surface area (Å²) in [4.78, 5) is 35.5. The summed E-state index contributed by atoms with van der Waals surface area (Å²) in [5.41, 5.74) is 0.783. The van der Waals surface area contributed by atoms with Gasteiger partial charge in [-0.05, 0) is 30.7 Å². The fraction of sp³-hybridized carbons (Fsp3) is 0.357. The fourth-order valence-electron chi connectivity index (χ4n) is 1.88. The maximum absolute atomic E-state index is 11.7. The van der Waals surface area contributed by atoms with Crippen LogP contribution in [-0.4, -0.2) is 49.1 Å². The zero-order valence-electron chi connectivity index (χ0n) is 11.9. The molecule has 1 aromatic rings. The average molecular weight is 327 g/mol. The second-order valence-corrected chi connectivity index (χ2v) is 5.07. The molecule has 0 aliphatic carbocycles. The first-order valence-electron chi connectivity index (χ1n) is 6.60. The lowest BCUT2D eigenvalue weighted by Gasteiger charge is -2.12. The Labute approximate surface area is 132 Å². The van der Waals surface area contributed by atoms with Crippen molar-refractivity contribution in [3.05, 3.63) is 28.8 Å². The molecule has 1 aliphatic heterocycles. The molecule has 0 bridgehead atoms. The number of aryl methyl sites for hydroxylation is 1. The Morgan fingerprint density at radius 3 is 2.77 bits per heavy atom. The van der Waals surface area contributed by atoms with Gasteiger partial charge in [-0.3, -0.25) is 9.69 Å². The van der Waals surface area contributed by atoms with E-state index in [0.717, 1.165) is 10.5 Å². The molecule has 1 aromatic carbocycles. The zero-order chi connectivity index (χ0) is 16.1. The maximum Gasteiger partial charge on any atom is 0.344 e. The van der Waals surface area contributed by atoms with Crippen molar-refractivity contribution in [2.24, 2.45) is 0 Å². The number of benzene rings is 1. The van der Waals surface area contributed by atoms with E-state index in [1.807, 2.05) is 0 Å². The molecule has 2 rings (SSSR count). The molecule has 0 radical (unpaired) electrons. The first kappa shape index (κ1) is 16.1. The topological polar surface area (TPSA) is 84.9 Å². The number of esters is 1. The van der Waals surface area contributed by atoms with Crippen molar-refractivity contribution in [3.8, 4) is 5.75 Å². The lowest BCUT2D eigenvalue weighted by molar-refractivity contribution is -0.152. The largest absolute Gasteiger partial charge is 0.482 e. The van der Waals surface area contributed by atoms with Crippen molar-refractivity contribution in [2.45, 2.75) is 6.92 Å². The van der Waals surface area contributed by atoms with Crippen molar-refractivity contribution in [3.63, 3.8) is 0 Å². The minimum Gasteiger partial charge on any atom is -0.482 e. The van der Waals surface area contributed by atoms with Crippen molar-refractivity contribution < 1.29 is 23.9 Å². The highest BCUT2D eigenvalue weighted by Gasteiger charge is 2.26. The van der Waals surface area contributed by atoms with Gasteiger partial charge in [0.2, 0.25) is 0 Å². The number of hydrogen-bond acceptors (Lipinski definition) is 5. The lowest BCUT2D eigenvalue weighted by atomic mass is 10.2. The van der Waals surface area contributed by atoms with Gasteiger partial charge >= 0.3 is 12.0 Å². The van der Waals surface area contributed by atoms with Crippen LogP contribution >= 0.6 is 11.6 Å². The Hall–Kier alpha value is -2.28. The lowest BCUT2D eigenvalue weighted by Crippen LogP contribution is -2.37. The third-order valence-corrected chi connectivity index (χ3v) is 3.23. The van der Waals surface area contributed by atoms with Gasteiger partial charge in [-0.25, -0.2) is 9.59 Å².